The molecule has 0 radical (unpaired) electrons. The Kier molecular flexibility index (Phi) is 1.96. The van der Waals surface area contributed by atoms with Gasteiger partial charge in [-0.25, -0.2) is 0 Å². The van der Waals surface area contributed by atoms with Crippen LogP contribution in [0.4, 0.5) is 0 Å². The summed E-state index contributed by atoms with van der Waals surface area (Å²) in [5.74, 6) is 0. The van der Waals surface area contributed by atoms with E-state index in [0.29, 0.717) is 6.47 Å². The normalized spacial score (nSPS) is 18.6. The summed E-state index contributed by atoms with van der Waals surface area (Å²) in [4.78, 5) is 10.2. The number of nitrogens with zero attached hydrogens (tertiary/aromatic N) is 1. The fraction of sp³-hybridized carbons (Fsp3) is 0.111. The zero-order chi connectivity index (χ0) is 9.10. The van der Waals surface area contributed by atoms with Crippen molar-refractivity contribution in [1.82, 2.24) is 5.43 Å². The molecule has 4 heteroatoms. The summed E-state index contributed by atoms with van der Waals surface area (Å²) < 4.78 is 4.80. The molecule has 1 aromatic carbocycles. The molecule has 1 unspecified atom stereocenters. The van der Waals surface area contributed by atoms with Gasteiger partial charge in [0.25, 0.3) is 6.47 Å². The molecule has 1 atom stereocenters. The lowest BCUT2D eigenvalue weighted by Gasteiger charge is -2.20. The van der Waals surface area contributed by atoms with Crippen molar-refractivity contribution >= 4 is 12.7 Å². The van der Waals surface area contributed by atoms with Gasteiger partial charge in [0.2, 0.25) is 6.23 Å². The van der Waals surface area contributed by atoms with Crippen LogP contribution in [0.3, 0.4) is 0 Å². The fourth-order valence-electron chi connectivity index (χ4n) is 1.27. The summed E-state index contributed by atoms with van der Waals surface area (Å²) in [5, 5.41) is 3.86. The lowest BCUT2D eigenvalue weighted by Crippen LogP contribution is -2.23. The Morgan fingerprint density at radius 3 is 3.15 bits per heavy atom. The smallest absolute Gasteiger partial charge is 0.295 e. The number of hydrazone groups is 1. The molecule has 1 N–H and O–H groups in total. The molecule has 13 heavy (non-hydrogen) atoms. The first-order valence-electron chi connectivity index (χ1n) is 3.88. The Morgan fingerprint density at radius 1 is 1.46 bits per heavy atom. The van der Waals surface area contributed by atoms with Gasteiger partial charge >= 0.3 is 0 Å². The number of hydrogen-bond donors (Lipinski definition) is 1. The van der Waals surface area contributed by atoms with Crippen molar-refractivity contribution in [3.8, 4) is 0 Å². The second-order valence-electron chi connectivity index (χ2n) is 2.63. The molecule has 0 saturated carbocycles. The number of ether oxygens (including phenoxy) is 1. The van der Waals surface area contributed by atoms with Crippen LogP contribution in [0.1, 0.15) is 17.4 Å². The van der Waals surface area contributed by atoms with Gasteiger partial charge in [-0.3, -0.25) is 10.2 Å². The van der Waals surface area contributed by atoms with Gasteiger partial charge < -0.3 is 4.74 Å². The zero-order valence-corrected chi connectivity index (χ0v) is 6.81. The second kappa shape index (κ2) is 3.26. The van der Waals surface area contributed by atoms with E-state index in [9.17, 15) is 4.79 Å². The first-order valence-corrected chi connectivity index (χ1v) is 3.88. The van der Waals surface area contributed by atoms with E-state index in [0.717, 1.165) is 11.1 Å². The predicted octanol–water partition coefficient (Wildman–Crippen LogP) is 0.795. The summed E-state index contributed by atoms with van der Waals surface area (Å²) in [5.41, 5.74) is 4.58. The predicted molar refractivity (Wildman–Crippen MR) is 47.1 cm³/mol. The molecule has 0 fully saturated rings. The molecule has 0 saturated heterocycles. The summed E-state index contributed by atoms with van der Waals surface area (Å²) in [7, 11) is 0. The third kappa shape index (κ3) is 1.38. The third-order valence-corrected chi connectivity index (χ3v) is 1.87. The molecule has 0 bridgehead atoms. The fourth-order valence-corrected chi connectivity index (χ4v) is 1.27. The summed E-state index contributed by atoms with van der Waals surface area (Å²) in [6, 6.07) is 7.61. The van der Waals surface area contributed by atoms with Crippen molar-refractivity contribution in [3.63, 3.8) is 0 Å². The summed E-state index contributed by atoms with van der Waals surface area (Å²) >= 11 is 0. The lowest BCUT2D eigenvalue weighted by atomic mass is 10.1. The van der Waals surface area contributed by atoms with Crippen molar-refractivity contribution in [2.45, 2.75) is 6.23 Å². The number of fused-ring (bicyclic) bond motifs is 1. The number of carbonyl (C=O) groups excluding carboxylic acids is 1. The topological polar surface area (TPSA) is 50.7 Å². The van der Waals surface area contributed by atoms with Crippen LogP contribution in [0.5, 0.6) is 0 Å². The van der Waals surface area contributed by atoms with E-state index in [4.69, 9.17) is 4.74 Å². The van der Waals surface area contributed by atoms with Crippen LogP contribution in [-0.4, -0.2) is 12.7 Å². The van der Waals surface area contributed by atoms with Crippen LogP contribution in [0.25, 0.3) is 0 Å². The van der Waals surface area contributed by atoms with E-state index in [1.807, 2.05) is 24.3 Å². The zero-order valence-electron chi connectivity index (χ0n) is 6.81. The van der Waals surface area contributed by atoms with Crippen LogP contribution in [-0.2, 0) is 9.53 Å². The molecule has 1 aliphatic rings. The molecule has 2 rings (SSSR count). The van der Waals surface area contributed by atoms with Crippen LogP contribution >= 0.6 is 0 Å². The highest BCUT2D eigenvalue weighted by atomic mass is 16.5. The first kappa shape index (κ1) is 7.79. The molecule has 0 amide bonds. The SMILES string of the molecule is O=COC1NN=Cc2ccccc21. The molecule has 0 aliphatic carbocycles. The number of hydrogen-bond acceptors (Lipinski definition) is 4. The lowest BCUT2D eigenvalue weighted by molar-refractivity contribution is -0.135. The van der Waals surface area contributed by atoms with Crippen molar-refractivity contribution in [3.05, 3.63) is 35.4 Å². The van der Waals surface area contributed by atoms with E-state index in [1.165, 1.54) is 0 Å². The Labute approximate surface area is 75.2 Å². The van der Waals surface area contributed by atoms with Crippen molar-refractivity contribution in [2.75, 3.05) is 0 Å². The van der Waals surface area contributed by atoms with Crippen molar-refractivity contribution < 1.29 is 9.53 Å². The van der Waals surface area contributed by atoms with Gasteiger partial charge in [0, 0.05) is 11.1 Å². The Morgan fingerprint density at radius 2 is 2.31 bits per heavy atom. The molecule has 0 aromatic heterocycles. The van der Waals surface area contributed by atoms with Gasteiger partial charge in [0.1, 0.15) is 0 Å². The van der Waals surface area contributed by atoms with E-state index in [-0.39, 0.29) is 0 Å². The average Bonchev–Trinajstić information content (AvgIpc) is 2.19. The van der Waals surface area contributed by atoms with Gasteiger partial charge in [0.05, 0.1) is 6.21 Å². The van der Waals surface area contributed by atoms with Gasteiger partial charge in [-0.2, -0.15) is 5.10 Å². The minimum absolute atomic E-state index is 0.412. The minimum atomic E-state index is -0.460. The second-order valence-corrected chi connectivity index (χ2v) is 2.63. The van der Waals surface area contributed by atoms with Crippen LogP contribution in [0, 0.1) is 0 Å². The highest BCUT2D eigenvalue weighted by Crippen LogP contribution is 2.19. The van der Waals surface area contributed by atoms with Crippen LogP contribution in [0.2, 0.25) is 0 Å². The Balaban J connectivity index is 2.37. The van der Waals surface area contributed by atoms with E-state index >= 15 is 0 Å². The van der Waals surface area contributed by atoms with Gasteiger partial charge in [-0.1, -0.05) is 24.3 Å². The molecule has 1 aliphatic heterocycles. The summed E-state index contributed by atoms with van der Waals surface area (Å²) in [6.45, 7) is 0.412. The minimum Gasteiger partial charge on any atom is -0.438 e. The molecule has 1 heterocycles. The third-order valence-electron chi connectivity index (χ3n) is 1.87. The number of benzene rings is 1. The Bertz CT molecular complexity index is 349. The molecule has 66 valence electrons. The molecule has 0 spiro atoms. The van der Waals surface area contributed by atoms with E-state index in [1.54, 1.807) is 6.21 Å². The van der Waals surface area contributed by atoms with Crippen LogP contribution < -0.4 is 5.43 Å². The molecule has 4 nitrogen and oxygen atoms in total. The van der Waals surface area contributed by atoms with Gasteiger partial charge in [-0.15, -0.1) is 0 Å². The molecular weight excluding hydrogens is 168 g/mol. The maximum atomic E-state index is 10.2. The molecule has 1 aromatic rings. The van der Waals surface area contributed by atoms with Crippen molar-refractivity contribution in [2.24, 2.45) is 5.10 Å². The maximum absolute atomic E-state index is 10.2. The monoisotopic (exact) mass is 176 g/mol. The molecular formula is C9H8N2O2. The quantitative estimate of drug-likeness (QED) is 0.678. The van der Waals surface area contributed by atoms with E-state index < -0.39 is 6.23 Å². The first-order chi connectivity index (χ1) is 6.42. The largest absolute Gasteiger partial charge is 0.438 e. The highest BCUT2D eigenvalue weighted by molar-refractivity contribution is 5.82. The summed E-state index contributed by atoms with van der Waals surface area (Å²) in [6.07, 6.45) is 1.23. The van der Waals surface area contributed by atoms with Crippen LogP contribution in [0.15, 0.2) is 29.4 Å². The number of nitrogens with one attached hydrogen (secondary N) is 1. The highest BCUT2D eigenvalue weighted by Gasteiger charge is 2.16. The average molecular weight is 176 g/mol. The maximum Gasteiger partial charge on any atom is 0.295 e. The number of carbonyl (C=O) groups is 1. The van der Waals surface area contributed by atoms with Crippen molar-refractivity contribution in [1.29, 1.82) is 0 Å². The van der Waals surface area contributed by atoms with Gasteiger partial charge in [0.15, 0.2) is 0 Å². The standard InChI is InChI=1S/C9H8N2O2/c12-6-13-9-8-4-2-1-3-7(8)5-10-11-9/h1-6,9,11H. The van der Waals surface area contributed by atoms with E-state index in [2.05, 4.69) is 10.5 Å². The number of rotatable bonds is 2. The Hall–Kier alpha value is -1.84. The van der Waals surface area contributed by atoms with Gasteiger partial charge in [-0.05, 0) is 0 Å².